The molecule has 1 aromatic rings. The lowest BCUT2D eigenvalue weighted by molar-refractivity contribution is -0.143. The minimum absolute atomic E-state index is 0.0893. The summed E-state index contributed by atoms with van der Waals surface area (Å²) in [6.45, 7) is 5.91. The fourth-order valence-corrected chi connectivity index (χ4v) is 9.23. The Hall–Kier alpha value is -2.91. The van der Waals surface area contributed by atoms with E-state index < -0.39 is 57.8 Å². The molecule has 5 rings (SSSR count). The maximum Gasteiger partial charge on any atom is 0.289 e. The van der Waals surface area contributed by atoms with Gasteiger partial charge in [0, 0.05) is 32.7 Å². The van der Waals surface area contributed by atoms with E-state index >= 15 is 0 Å². The first-order chi connectivity index (χ1) is 25.9. The van der Waals surface area contributed by atoms with Crippen LogP contribution in [0.4, 0.5) is 0 Å². The van der Waals surface area contributed by atoms with Crippen LogP contribution in [0.1, 0.15) is 101 Å². The van der Waals surface area contributed by atoms with Gasteiger partial charge in [-0.25, -0.2) is 13.1 Å². The molecule has 0 radical (unpaired) electrons. The van der Waals surface area contributed by atoms with Crippen LogP contribution in [0.3, 0.4) is 0 Å². The predicted molar refractivity (Wildman–Crippen MR) is 206 cm³/mol. The molecule has 3 aliphatic heterocycles. The van der Waals surface area contributed by atoms with Crippen LogP contribution in [-0.4, -0.2) is 107 Å². The van der Waals surface area contributed by atoms with E-state index in [1.807, 2.05) is 31.2 Å². The normalized spacial score (nSPS) is 23.1. The van der Waals surface area contributed by atoms with Crippen LogP contribution in [-0.2, 0) is 45.3 Å². The van der Waals surface area contributed by atoms with E-state index in [-0.39, 0.29) is 25.5 Å². The maximum atomic E-state index is 14.4. The Morgan fingerprint density at radius 2 is 1.59 bits per heavy atom. The van der Waals surface area contributed by atoms with Crippen molar-refractivity contribution >= 4 is 33.5 Å². The van der Waals surface area contributed by atoms with Crippen molar-refractivity contribution in [1.29, 1.82) is 0 Å². The average Bonchev–Trinajstić information content (AvgIpc) is 3.61. The molecule has 0 aromatic heterocycles. The summed E-state index contributed by atoms with van der Waals surface area (Å²) in [5.74, 6) is -1.43. The molecule has 1 aliphatic carbocycles. The van der Waals surface area contributed by atoms with Crippen molar-refractivity contribution in [1.82, 2.24) is 25.6 Å². The smallest absolute Gasteiger partial charge is 0.289 e. The van der Waals surface area contributed by atoms with Crippen LogP contribution in [0, 0.1) is 24.7 Å². The first-order valence-corrected chi connectivity index (χ1v) is 22.2. The number of nitrogens with one attached hydrogen (secondary N) is 4. The number of Topliss-reactive ketones (excluding diaryl/α,β-unsaturated/α-hetero) is 1. The Labute approximate surface area is 321 Å². The first-order valence-electron chi connectivity index (χ1n) is 20.3. The summed E-state index contributed by atoms with van der Waals surface area (Å²) < 4.78 is 39.3. The average molecular weight is 774 g/mol. The third-order valence-corrected chi connectivity index (χ3v) is 12.5. The van der Waals surface area contributed by atoms with Crippen molar-refractivity contribution in [3.8, 4) is 0 Å². The number of benzene rings is 1. The number of ketones is 1. The van der Waals surface area contributed by atoms with Gasteiger partial charge in [-0.3, -0.25) is 19.2 Å². The fourth-order valence-electron chi connectivity index (χ4n) is 8.50. The molecule has 0 spiro atoms. The van der Waals surface area contributed by atoms with Gasteiger partial charge in [-0.2, -0.15) is 0 Å². The molecular weight excluding hydrogens is 711 g/mol. The zero-order chi connectivity index (χ0) is 38.5. The lowest BCUT2D eigenvalue weighted by atomic mass is 9.83. The third kappa shape index (κ3) is 13.4. The van der Waals surface area contributed by atoms with Crippen molar-refractivity contribution in [3.05, 3.63) is 35.4 Å². The highest BCUT2D eigenvalue weighted by molar-refractivity contribution is 7.88. The Morgan fingerprint density at radius 1 is 0.907 bits per heavy atom. The molecule has 4 aliphatic rings. The minimum Gasteiger partial charge on any atom is -0.381 e. The second-order valence-electron chi connectivity index (χ2n) is 16.1. The number of hydrogen-bond acceptors (Lipinski definition) is 9. The molecule has 0 unspecified atom stereocenters. The molecule has 4 atom stereocenters. The van der Waals surface area contributed by atoms with Crippen LogP contribution in [0.5, 0.6) is 0 Å². The molecule has 3 amide bonds. The summed E-state index contributed by atoms with van der Waals surface area (Å²) in [6, 6.07) is 4.82. The molecular formula is C40H63N5O8S. The molecule has 14 heteroatoms. The minimum atomic E-state index is -3.76. The van der Waals surface area contributed by atoms with Crippen molar-refractivity contribution in [3.63, 3.8) is 0 Å². The molecule has 0 bridgehead atoms. The van der Waals surface area contributed by atoms with Gasteiger partial charge in [0.1, 0.15) is 12.1 Å². The molecule has 54 heavy (non-hydrogen) atoms. The SMILES string of the molecule is Cc1ccc(CO[C@@H]2C[C@@H](C(=O)N[C@@H](CC3CCCCC3)C(=O)C(=O)NCCC3CCOCC3)N(C(=O)[C@@H](CCC3CCNCC3)NS(C)(=O)=O)C2)cc1. The van der Waals surface area contributed by atoms with Gasteiger partial charge in [0.05, 0.1) is 25.0 Å². The summed E-state index contributed by atoms with van der Waals surface area (Å²) in [4.78, 5) is 57.2. The van der Waals surface area contributed by atoms with E-state index in [4.69, 9.17) is 9.47 Å². The van der Waals surface area contributed by atoms with Crippen LogP contribution >= 0.6 is 0 Å². The Morgan fingerprint density at radius 3 is 2.28 bits per heavy atom. The highest BCUT2D eigenvalue weighted by atomic mass is 32.2. The summed E-state index contributed by atoms with van der Waals surface area (Å²) in [5, 5.41) is 9.06. The molecule has 1 saturated carbocycles. The second-order valence-corrected chi connectivity index (χ2v) is 17.9. The van der Waals surface area contributed by atoms with Crippen LogP contribution < -0.4 is 20.7 Å². The van der Waals surface area contributed by atoms with E-state index in [1.54, 1.807) is 0 Å². The number of ether oxygens (including phenoxy) is 2. The molecule has 1 aromatic carbocycles. The molecule has 3 heterocycles. The van der Waals surface area contributed by atoms with Crippen molar-refractivity contribution in [2.45, 2.75) is 128 Å². The van der Waals surface area contributed by atoms with Gasteiger partial charge in [-0.15, -0.1) is 0 Å². The number of sulfonamides is 1. The van der Waals surface area contributed by atoms with Gasteiger partial charge < -0.3 is 30.3 Å². The Balaban J connectivity index is 1.32. The zero-order valence-electron chi connectivity index (χ0n) is 32.3. The van der Waals surface area contributed by atoms with Gasteiger partial charge in [-0.1, -0.05) is 61.9 Å². The number of carbonyl (C=O) groups is 4. The van der Waals surface area contributed by atoms with Crippen molar-refractivity contribution in [2.24, 2.45) is 17.8 Å². The largest absolute Gasteiger partial charge is 0.381 e. The molecule has 4 fully saturated rings. The number of carbonyl (C=O) groups excluding carboxylic acids is 4. The Kier molecular flexibility index (Phi) is 16.3. The quantitative estimate of drug-likeness (QED) is 0.164. The fraction of sp³-hybridized carbons (Fsp3) is 0.750. The van der Waals surface area contributed by atoms with E-state index in [9.17, 15) is 27.6 Å². The lowest BCUT2D eigenvalue weighted by Gasteiger charge is -2.31. The van der Waals surface area contributed by atoms with Crippen molar-refractivity contribution in [2.75, 3.05) is 45.6 Å². The number of rotatable bonds is 18. The summed E-state index contributed by atoms with van der Waals surface area (Å²) in [6.07, 6.45) is 11.6. The van der Waals surface area contributed by atoms with Gasteiger partial charge in [-0.05, 0) is 94.7 Å². The number of piperidine rings is 1. The number of nitrogens with zero attached hydrogens (tertiary/aromatic N) is 1. The monoisotopic (exact) mass is 773 g/mol. The molecule has 3 saturated heterocycles. The standard InChI is InChI=1S/C40H63N5O8S/c1-28-8-10-32(11-9-28)27-53-33-25-36(45(26-33)40(49)34(44-54(2,50)51)13-12-29-14-19-41-20-15-29)38(47)43-35(24-31-6-4-3-5-7-31)37(46)39(48)42-21-16-30-17-22-52-23-18-30/h8-11,29-31,33-36,41,44H,3-7,12-27H2,1-2H3,(H,42,48)(H,43,47)/t33-,34-,35+,36+/m1/s1. The zero-order valence-corrected chi connectivity index (χ0v) is 33.1. The maximum absolute atomic E-state index is 14.4. The predicted octanol–water partition coefficient (Wildman–Crippen LogP) is 3.14. The van der Waals surface area contributed by atoms with E-state index in [1.165, 1.54) is 4.90 Å². The van der Waals surface area contributed by atoms with Crippen LogP contribution in [0.25, 0.3) is 0 Å². The van der Waals surface area contributed by atoms with Gasteiger partial charge >= 0.3 is 0 Å². The van der Waals surface area contributed by atoms with Crippen molar-refractivity contribution < 1.29 is 37.1 Å². The molecule has 4 N–H and O–H groups in total. The number of likely N-dealkylation sites (tertiary alicyclic amines) is 1. The number of aryl methyl sites for hydroxylation is 1. The number of hydrogen-bond donors (Lipinski definition) is 4. The van der Waals surface area contributed by atoms with Gasteiger partial charge in [0.25, 0.3) is 5.91 Å². The van der Waals surface area contributed by atoms with E-state index in [2.05, 4.69) is 20.7 Å². The summed E-state index contributed by atoms with van der Waals surface area (Å²) >= 11 is 0. The second kappa shape index (κ2) is 20.8. The Bertz CT molecular complexity index is 1490. The molecule has 13 nitrogen and oxygen atoms in total. The van der Waals surface area contributed by atoms with E-state index in [0.717, 1.165) is 94.7 Å². The molecule has 302 valence electrons. The highest BCUT2D eigenvalue weighted by Crippen LogP contribution is 2.29. The van der Waals surface area contributed by atoms with Crippen LogP contribution in [0.15, 0.2) is 24.3 Å². The van der Waals surface area contributed by atoms with Gasteiger partial charge in [0.15, 0.2) is 0 Å². The lowest BCUT2D eigenvalue weighted by Crippen LogP contribution is -2.56. The number of amides is 3. The topological polar surface area (TPSA) is 172 Å². The van der Waals surface area contributed by atoms with Gasteiger partial charge in [0.2, 0.25) is 27.6 Å². The van der Waals surface area contributed by atoms with E-state index in [0.29, 0.717) is 50.9 Å². The third-order valence-electron chi connectivity index (χ3n) is 11.8. The summed E-state index contributed by atoms with van der Waals surface area (Å²) in [5.41, 5.74) is 2.07. The highest BCUT2D eigenvalue weighted by Gasteiger charge is 2.44. The van der Waals surface area contributed by atoms with Crippen LogP contribution in [0.2, 0.25) is 0 Å². The summed E-state index contributed by atoms with van der Waals surface area (Å²) in [7, 11) is -3.76. The first kappa shape index (κ1) is 42.2.